The number of dihydropyridines is 1. The minimum atomic E-state index is 0.974. The summed E-state index contributed by atoms with van der Waals surface area (Å²) < 4.78 is 0. The summed E-state index contributed by atoms with van der Waals surface area (Å²) in [6.45, 7) is 7.15. The second-order valence-electron chi connectivity index (χ2n) is 4.31. The number of rotatable bonds is 1. The molecule has 2 aliphatic heterocycles. The molecule has 1 fully saturated rings. The zero-order chi connectivity index (χ0) is 12.8. The summed E-state index contributed by atoms with van der Waals surface area (Å²) in [4.78, 5) is 2.45. The number of para-hydroxylation sites is 1. The second-order valence-corrected chi connectivity index (χ2v) is 4.31. The van der Waals surface area contributed by atoms with E-state index >= 15 is 0 Å². The van der Waals surface area contributed by atoms with Crippen molar-refractivity contribution in [3.8, 4) is 0 Å². The Kier molecular flexibility index (Phi) is 4.46. The normalized spacial score (nSPS) is 17.6. The summed E-state index contributed by atoms with van der Waals surface area (Å²) in [5.74, 6) is 0. The highest BCUT2D eigenvalue weighted by Crippen LogP contribution is 2.26. The average Bonchev–Trinajstić information content (AvgIpc) is 2.50. The number of fused-ring (bicyclic) bond motifs is 1. The molecule has 96 valence electrons. The third-order valence-electron chi connectivity index (χ3n) is 3.29. The number of benzene rings is 1. The van der Waals surface area contributed by atoms with Crippen LogP contribution >= 0.6 is 0 Å². The van der Waals surface area contributed by atoms with Crippen LogP contribution in [-0.4, -0.2) is 19.6 Å². The lowest BCUT2D eigenvalue weighted by atomic mass is 9.96. The molecule has 0 saturated carbocycles. The van der Waals surface area contributed by atoms with Crippen LogP contribution in [0.2, 0.25) is 0 Å². The molecule has 2 nitrogen and oxygen atoms in total. The van der Waals surface area contributed by atoms with Crippen molar-refractivity contribution in [3.05, 3.63) is 53.8 Å². The second kappa shape index (κ2) is 6.29. The molecule has 0 unspecified atom stereocenters. The summed E-state index contributed by atoms with van der Waals surface area (Å²) >= 11 is 0. The van der Waals surface area contributed by atoms with Crippen molar-refractivity contribution in [2.45, 2.75) is 20.3 Å². The number of nitrogens with one attached hydrogen (secondary N) is 1. The summed E-state index contributed by atoms with van der Waals surface area (Å²) in [7, 11) is 0. The Balaban J connectivity index is 0.000000574. The molecule has 0 atom stereocenters. The fourth-order valence-electron chi connectivity index (χ4n) is 2.39. The molecule has 0 spiro atoms. The zero-order valence-corrected chi connectivity index (χ0v) is 11.3. The lowest BCUT2D eigenvalue weighted by Gasteiger charge is -2.33. The van der Waals surface area contributed by atoms with Crippen LogP contribution in [0.15, 0.2) is 53.8 Å². The minimum absolute atomic E-state index is 0.974. The molecule has 0 aromatic heterocycles. The molecule has 1 saturated heterocycles. The lowest BCUT2D eigenvalue weighted by Crippen LogP contribution is -2.34. The van der Waals surface area contributed by atoms with E-state index in [1.807, 2.05) is 13.8 Å². The Morgan fingerprint density at radius 1 is 1.06 bits per heavy atom. The van der Waals surface area contributed by atoms with Crippen LogP contribution in [0.1, 0.15) is 20.3 Å². The first kappa shape index (κ1) is 12.7. The van der Waals surface area contributed by atoms with Crippen LogP contribution in [0.3, 0.4) is 0 Å². The van der Waals surface area contributed by atoms with Gasteiger partial charge in [-0.15, -0.1) is 0 Å². The molecule has 1 aromatic rings. The van der Waals surface area contributed by atoms with Gasteiger partial charge in [-0.2, -0.15) is 0 Å². The summed E-state index contributed by atoms with van der Waals surface area (Å²) in [6.07, 6.45) is 5.63. The van der Waals surface area contributed by atoms with Crippen molar-refractivity contribution in [2.24, 2.45) is 0 Å². The van der Waals surface area contributed by atoms with Gasteiger partial charge in [-0.1, -0.05) is 38.1 Å². The molecule has 0 aliphatic carbocycles. The lowest BCUT2D eigenvalue weighted by molar-refractivity contribution is 0.741. The van der Waals surface area contributed by atoms with Gasteiger partial charge in [0.2, 0.25) is 0 Å². The maximum atomic E-state index is 3.28. The fourth-order valence-corrected chi connectivity index (χ4v) is 2.39. The minimum Gasteiger partial charge on any atom is -0.387 e. The van der Waals surface area contributed by atoms with Crippen LogP contribution < -0.4 is 10.2 Å². The molecule has 0 bridgehead atoms. The van der Waals surface area contributed by atoms with Crippen molar-refractivity contribution >= 4 is 5.69 Å². The summed E-state index contributed by atoms with van der Waals surface area (Å²) in [5.41, 5.74) is 4.31. The van der Waals surface area contributed by atoms with Gasteiger partial charge in [0.25, 0.3) is 0 Å². The molecule has 0 amide bonds. The maximum Gasteiger partial charge on any atom is 0.0430 e. The van der Waals surface area contributed by atoms with Crippen LogP contribution in [-0.2, 0) is 0 Å². The molecule has 3 rings (SSSR count). The smallest absolute Gasteiger partial charge is 0.0430 e. The van der Waals surface area contributed by atoms with Crippen molar-refractivity contribution in [1.82, 2.24) is 5.32 Å². The monoisotopic (exact) mass is 242 g/mol. The quantitative estimate of drug-likeness (QED) is 0.812. The Bertz CT molecular complexity index is 432. The first-order valence-corrected chi connectivity index (χ1v) is 6.85. The van der Waals surface area contributed by atoms with E-state index in [0.29, 0.717) is 0 Å². The highest BCUT2D eigenvalue weighted by atomic mass is 15.1. The van der Waals surface area contributed by atoms with Gasteiger partial charge in [-0.05, 0) is 29.7 Å². The number of hydrogen-bond acceptors (Lipinski definition) is 2. The predicted octanol–water partition coefficient (Wildman–Crippen LogP) is 3.34. The molecule has 18 heavy (non-hydrogen) atoms. The maximum absolute atomic E-state index is 3.28. The van der Waals surface area contributed by atoms with E-state index in [0.717, 1.165) is 26.1 Å². The van der Waals surface area contributed by atoms with Gasteiger partial charge in [-0.25, -0.2) is 0 Å². The third-order valence-corrected chi connectivity index (χ3v) is 3.29. The van der Waals surface area contributed by atoms with E-state index in [4.69, 9.17) is 0 Å². The van der Waals surface area contributed by atoms with E-state index in [2.05, 4.69) is 52.8 Å². The molecular formula is C16H22N2. The third kappa shape index (κ3) is 2.76. The average molecular weight is 242 g/mol. The van der Waals surface area contributed by atoms with Gasteiger partial charge >= 0.3 is 0 Å². The number of piperidine rings is 1. The van der Waals surface area contributed by atoms with E-state index in [9.17, 15) is 0 Å². The van der Waals surface area contributed by atoms with Gasteiger partial charge < -0.3 is 10.2 Å². The fraction of sp³-hybridized carbons (Fsp3) is 0.375. The van der Waals surface area contributed by atoms with Gasteiger partial charge in [0.1, 0.15) is 0 Å². The van der Waals surface area contributed by atoms with Gasteiger partial charge in [-0.3, -0.25) is 0 Å². The Hall–Kier alpha value is -1.70. The number of anilines is 1. The van der Waals surface area contributed by atoms with Crippen molar-refractivity contribution in [3.63, 3.8) is 0 Å². The van der Waals surface area contributed by atoms with Crippen LogP contribution in [0.4, 0.5) is 5.69 Å². The van der Waals surface area contributed by atoms with Crippen LogP contribution in [0, 0.1) is 0 Å². The SMILES string of the molecule is C1=C2CCN(c3ccccc3)CC2=CCN1.CC. The highest BCUT2D eigenvalue weighted by molar-refractivity contribution is 5.52. The first-order chi connectivity index (χ1) is 8.93. The standard InChI is InChI=1S/C14H16N2.C2H6/c1-2-4-14(5-3-1)16-9-7-12-10-15-8-6-13(12)11-16;1-2/h1-6,10,15H,7-9,11H2;1-2H3. The Labute approximate surface area is 110 Å². The molecule has 1 N–H and O–H groups in total. The summed E-state index contributed by atoms with van der Waals surface area (Å²) in [6, 6.07) is 10.7. The van der Waals surface area contributed by atoms with E-state index in [1.165, 1.54) is 16.8 Å². The number of hydrogen-bond donors (Lipinski definition) is 1. The molecule has 2 heterocycles. The Morgan fingerprint density at radius 3 is 2.61 bits per heavy atom. The first-order valence-electron chi connectivity index (χ1n) is 6.85. The predicted molar refractivity (Wildman–Crippen MR) is 78.8 cm³/mol. The van der Waals surface area contributed by atoms with Gasteiger partial charge in [0.05, 0.1) is 0 Å². The van der Waals surface area contributed by atoms with Gasteiger partial charge in [0.15, 0.2) is 0 Å². The van der Waals surface area contributed by atoms with E-state index in [-0.39, 0.29) is 0 Å². The number of nitrogens with zero attached hydrogens (tertiary/aromatic N) is 1. The molecular weight excluding hydrogens is 220 g/mol. The van der Waals surface area contributed by atoms with Crippen molar-refractivity contribution < 1.29 is 0 Å². The van der Waals surface area contributed by atoms with E-state index < -0.39 is 0 Å². The Morgan fingerprint density at radius 2 is 1.83 bits per heavy atom. The highest BCUT2D eigenvalue weighted by Gasteiger charge is 2.19. The molecule has 0 radical (unpaired) electrons. The van der Waals surface area contributed by atoms with Crippen molar-refractivity contribution in [2.75, 3.05) is 24.5 Å². The topological polar surface area (TPSA) is 15.3 Å². The van der Waals surface area contributed by atoms with E-state index in [1.54, 1.807) is 0 Å². The molecule has 2 heteroatoms. The zero-order valence-electron chi connectivity index (χ0n) is 11.3. The largest absolute Gasteiger partial charge is 0.387 e. The van der Waals surface area contributed by atoms with Gasteiger partial charge in [0, 0.05) is 31.5 Å². The molecule has 2 aliphatic rings. The van der Waals surface area contributed by atoms with Crippen LogP contribution in [0.5, 0.6) is 0 Å². The van der Waals surface area contributed by atoms with Crippen molar-refractivity contribution in [1.29, 1.82) is 0 Å². The van der Waals surface area contributed by atoms with Crippen LogP contribution in [0.25, 0.3) is 0 Å². The summed E-state index contributed by atoms with van der Waals surface area (Å²) in [5, 5.41) is 3.28. The molecule has 1 aromatic carbocycles.